The van der Waals surface area contributed by atoms with E-state index in [0.29, 0.717) is 6.42 Å². The van der Waals surface area contributed by atoms with Crippen LogP contribution in [0.1, 0.15) is 51.9 Å². The minimum atomic E-state index is -0.839. The van der Waals surface area contributed by atoms with Gasteiger partial charge in [-0.05, 0) is 31.9 Å². The summed E-state index contributed by atoms with van der Waals surface area (Å²) in [5, 5.41) is 2.85. The Hall–Kier alpha value is -1.91. The molecule has 5 heteroatoms. The maximum atomic E-state index is 11.4. The van der Waals surface area contributed by atoms with E-state index < -0.39 is 12.0 Å². The van der Waals surface area contributed by atoms with Gasteiger partial charge < -0.3 is 9.47 Å². The molecule has 0 saturated carbocycles. The molecule has 0 spiro atoms. The van der Waals surface area contributed by atoms with Gasteiger partial charge in [0, 0.05) is 0 Å². The Kier molecular flexibility index (Phi) is 10.5. The van der Waals surface area contributed by atoms with Crippen molar-refractivity contribution < 1.29 is 14.3 Å². The average Bonchev–Trinajstić information content (AvgIpc) is 2.58. The van der Waals surface area contributed by atoms with Crippen LogP contribution in [0.4, 0.5) is 0 Å². The number of hydrogen-bond donors (Lipinski definition) is 0. The molecule has 1 aromatic rings. The standard InChI is InChI=1S/C18H27NO4/c1-2-22-18(20)17(19-21)14-10-5-3-4-6-11-15-23-16-12-8-7-9-13-16/h7-9,12-13,17H,2-6,10-11,14-15H2,1H3. The van der Waals surface area contributed by atoms with E-state index in [1.165, 1.54) is 0 Å². The predicted molar refractivity (Wildman–Crippen MR) is 90.5 cm³/mol. The van der Waals surface area contributed by atoms with Crippen LogP contribution in [0, 0.1) is 4.91 Å². The summed E-state index contributed by atoms with van der Waals surface area (Å²) in [5.74, 6) is 0.416. The Morgan fingerprint density at radius 1 is 1.04 bits per heavy atom. The maximum absolute atomic E-state index is 11.4. The van der Waals surface area contributed by atoms with Crippen molar-refractivity contribution >= 4 is 5.97 Å². The molecule has 0 radical (unpaired) electrons. The summed E-state index contributed by atoms with van der Waals surface area (Å²) in [7, 11) is 0. The third-order valence-electron chi connectivity index (χ3n) is 3.57. The summed E-state index contributed by atoms with van der Waals surface area (Å²) in [4.78, 5) is 22.0. The molecule has 5 nitrogen and oxygen atoms in total. The Labute approximate surface area is 138 Å². The van der Waals surface area contributed by atoms with Gasteiger partial charge in [-0.1, -0.05) is 55.5 Å². The smallest absolute Gasteiger partial charge is 0.334 e. The molecule has 0 heterocycles. The third-order valence-corrected chi connectivity index (χ3v) is 3.57. The van der Waals surface area contributed by atoms with Crippen molar-refractivity contribution in [2.24, 2.45) is 5.18 Å². The monoisotopic (exact) mass is 321 g/mol. The van der Waals surface area contributed by atoms with Crippen molar-refractivity contribution in [3.8, 4) is 5.75 Å². The first kappa shape index (κ1) is 19.1. The molecule has 0 aliphatic carbocycles. The number of carbonyl (C=O) groups excluding carboxylic acids is 1. The summed E-state index contributed by atoms with van der Waals surface area (Å²) in [6.07, 6.45) is 6.72. The SMILES string of the molecule is CCOC(=O)C(CCCCCCCCOc1ccccc1)N=O. The van der Waals surface area contributed by atoms with Gasteiger partial charge in [0.05, 0.1) is 13.2 Å². The van der Waals surface area contributed by atoms with Gasteiger partial charge in [0.2, 0.25) is 0 Å². The molecule has 23 heavy (non-hydrogen) atoms. The number of nitroso groups, excluding NO2 is 1. The molecule has 0 bridgehead atoms. The first-order chi connectivity index (χ1) is 11.3. The van der Waals surface area contributed by atoms with Crippen LogP contribution in [0.2, 0.25) is 0 Å². The Morgan fingerprint density at radius 3 is 2.35 bits per heavy atom. The van der Waals surface area contributed by atoms with Gasteiger partial charge in [0.25, 0.3) is 0 Å². The van der Waals surface area contributed by atoms with Crippen molar-refractivity contribution in [2.75, 3.05) is 13.2 Å². The molecular formula is C18H27NO4. The fourth-order valence-corrected chi connectivity index (χ4v) is 2.31. The van der Waals surface area contributed by atoms with E-state index >= 15 is 0 Å². The van der Waals surface area contributed by atoms with Crippen LogP contribution in [-0.2, 0) is 9.53 Å². The van der Waals surface area contributed by atoms with Crippen molar-refractivity contribution in [3.05, 3.63) is 35.2 Å². The average molecular weight is 321 g/mol. The first-order valence-electron chi connectivity index (χ1n) is 8.45. The molecule has 0 aromatic heterocycles. The molecule has 0 aliphatic heterocycles. The number of nitrogens with zero attached hydrogens (tertiary/aromatic N) is 1. The number of para-hydroxylation sites is 1. The number of hydrogen-bond acceptors (Lipinski definition) is 5. The molecule has 128 valence electrons. The van der Waals surface area contributed by atoms with E-state index in [-0.39, 0.29) is 6.61 Å². The van der Waals surface area contributed by atoms with Gasteiger partial charge in [0.15, 0.2) is 6.04 Å². The summed E-state index contributed by atoms with van der Waals surface area (Å²) >= 11 is 0. The second kappa shape index (κ2) is 12.6. The summed E-state index contributed by atoms with van der Waals surface area (Å²) in [5.41, 5.74) is 0. The molecular weight excluding hydrogens is 294 g/mol. The highest BCUT2D eigenvalue weighted by molar-refractivity contribution is 5.75. The molecule has 0 saturated heterocycles. The topological polar surface area (TPSA) is 65.0 Å². The zero-order valence-corrected chi connectivity index (χ0v) is 13.9. The highest BCUT2D eigenvalue weighted by atomic mass is 16.5. The van der Waals surface area contributed by atoms with E-state index in [4.69, 9.17) is 9.47 Å². The molecule has 1 atom stereocenters. The van der Waals surface area contributed by atoms with Gasteiger partial charge in [0.1, 0.15) is 5.75 Å². The minimum Gasteiger partial charge on any atom is -0.494 e. The Balaban J connectivity index is 1.95. The van der Waals surface area contributed by atoms with Crippen molar-refractivity contribution in [1.29, 1.82) is 0 Å². The lowest BCUT2D eigenvalue weighted by Gasteiger charge is -2.08. The normalized spacial score (nSPS) is 11.7. The van der Waals surface area contributed by atoms with Crippen LogP contribution < -0.4 is 4.74 Å². The van der Waals surface area contributed by atoms with Crippen LogP contribution in [0.3, 0.4) is 0 Å². The quantitative estimate of drug-likeness (QED) is 0.305. The molecule has 1 rings (SSSR count). The van der Waals surface area contributed by atoms with Gasteiger partial charge in [-0.2, -0.15) is 0 Å². The van der Waals surface area contributed by atoms with E-state index in [1.54, 1.807) is 6.92 Å². The number of carbonyl (C=O) groups is 1. The lowest BCUT2D eigenvalue weighted by Crippen LogP contribution is -2.20. The molecule has 0 amide bonds. The Bertz CT molecular complexity index is 436. The van der Waals surface area contributed by atoms with Crippen LogP contribution in [-0.4, -0.2) is 25.2 Å². The van der Waals surface area contributed by atoms with Crippen LogP contribution in [0.25, 0.3) is 0 Å². The second-order valence-corrected chi connectivity index (χ2v) is 5.44. The fourth-order valence-electron chi connectivity index (χ4n) is 2.31. The fraction of sp³-hybridized carbons (Fsp3) is 0.611. The Morgan fingerprint density at radius 2 is 1.70 bits per heavy atom. The van der Waals surface area contributed by atoms with E-state index in [0.717, 1.165) is 50.9 Å². The van der Waals surface area contributed by atoms with Crippen LogP contribution in [0.5, 0.6) is 5.75 Å². The van der Waals surface area contributed by atoms with Crippen LogP contribution in [0.15, 0.2) is 35.5 Å². The van der Waals surface area contributed by atoms with Crippen molar-refractivity contribution in [2.45, 2.75) is 57.9 Å². The van der Waals surface area contributed by atoms with E-state index in [9.17, 15) is 9.70 Å². The maximum Gasteiger partial charge on any atom is 0.334 e. The number of esters is 1. The predicted octanol–water partition coefficient (Wildman–Crippen LogP) is 4.49. The third kappa shape index (κ3) is 8.96. The molecule has 1 unspecified atom stereocenters. The lowest BCUT2D eigenvalue weighted by molar-refractivity contribution is -0.144. The van der Waals surface area contributed by atoms with E-state index in [2.05, 4.69) is 5.18 Å². The summed E-state index contributed by atoms with van der Waals surface area (Å²) in [6, 6.07) is 8.98. The first-order valence-corrected chi connectivity index (χ1v) is 8.45. The zero-order chi connectivity index (χ0) is 16.8. The van der Waals surface area contributed by atoms with Gasteiger partial charge in [-0.15, -0.1) is 4.91 Å². The van der Waals surface area contributed by atoms with Crippen molar-refractivity contribution in [3.63, 3.8) is 0 Å². The van der Waals surface area contributed by atoms with Crippen LogP contribution >= 0.6 is 0 Å². The lowest BCUT2D eigenvalue weighted by atomic mass is 10.1. The van der Waals surface area contributed by atoms with Gasteiger partial charge in [-0.3, -0.25) is 0 Å². The molecule has 0 N–H and O–H groups in total. The zero-order valence-electron chi connectivity index (χ0n) is 13.9. The molecule has 1 aromatic carbocycles. The molecule has 0 fully saturated rings. The number of benzene rings is 1. The van der Waals surface area contributed by atoms with Gasteiger partial charge in [-0.25, -0.2) is 4.79 Å². The number of ether oxygens (including phenoxy) is 2. The van der Waals surface area contributed by atoms with Gasteiger partial charge >= 0.3 is 5.97 Å². The highest BCUT2D eigenvalue weighted by Crippen LogP contribution is 2.13. The highest BCUT2D eigenvalue weighted by Gasteiger charge is 2.19. The number of unbranched alkanes of at least 4 members (excludes halogenated alkanes) is 5. The van der Waals surface area contributed by atoms with Crippen molar-refractivity contribution in [1.82, 2.24) is 0 Å². The minimum absolute atomic E-state index is 0.288. The largest absolute Gasteiger partial charge is 0.494 e. The molecule has 0 aliphatic rings. The summed E-state index contributed by atoms with van der Waals surface area (Å²) < 4.78 is 10.4. The summed E-state index contributed by atoms with van der Waals surface area (Å²) in [6.45, 7) is 2.75. The number of rotatable bonds is 13. The van der Waals surface area contributed by atoms with E-state index in [1.807, 2.05) is 30.3 Å². The second-order valence-electron chi connectivity index (χ2n) is 5.44.